The molecule has 0 amide bonds. The summed E-state index contributed by atoms with van der Waals surface area (Å²) in [6.07, 6.45) is 0. The van der Waals surface area contributed by atoms with E-state index in [2.05, 4.69) is 30.9 Å². The molecule has 1 aromatic heterocycles. The van der Waals surface area contributed by atoms with Crippen molar-refractivity contribution in [3.8, 4) is 0 Å². The molecule has 0 unspecified atom stereocenters. The maximum absolute atomic E-state index is 9.39. The summed E-state index contributed by atoms with van der Waals surface area (Å²) < 4.78 is 0. The van der Waals surface area contributed by atoms with Crippen LogP contribution in [0.25, 0.3) is 0 Å². The first kappa shape index (κ1) is 14.5. The smallest absolute Gasteiger partial charge is 0.129 e. The fourth-order valence-corrected chi connectivity index (χ4v) is 2.12. The van der Waals surface area contributed by atoms with E-state index in [9.17, 15) is 5.11 Å². The number of aromatic nitrogens is 1. The molecule has 3 heteroatoms. The fraction of sp³-hybridized carbons (Fsp3) is 0.353. The van der Waals surface area contributed by atoms with Crippen LogP contribution in [0.1, 0.15) is 36.6 Å². The third-order valence-corrected chi connectivity index (χ3v) is 3.32. The molecular formula is C17H22N2O. The van der Waals surface area contributed by atoms with Gasteiger partial charge in [0.2, 0.25) is 0 Å². The molecule has 2 rings (SSSR count). The molecule has 0 spiro atoms. The third-order valence-electron chi connectivity index (χ3n) is 3.32. The highest BCUT2D eigenvalue weighted by molar-refractivity contribution is 5.43. The topological polar surface area (TPSA) is 36.4 Å². The molecule has 1 heterocycles. The van der Waals surface area contributed by atoms with Crippen LogP contribution in [-0.2, 0) is 13.2 Å². The van der Waals surface area contributed by atoms with Crippen LogP contribution in [0.3, 0.4) is 0 Å². The highest BCUT2D eigenvalue weighted by atomic mass is 16.3. The Bertz CT molecular complexity index is 552. The molecule has 0 radical (unpaired) electrons. The van der Waals surface area contributed by atoms with Crippen LogP contribution in [0.5, 0.6) is 0 Å². The first-order valence-electron chi connectivity index (χ1n) is 6.97. The van der Waals surface area contributed by atoms with Gasteiger partial charge in [0.1, 0.15) is 5.82 Å². The molecule has 3 nitrogen and oxygen atoms in total. The highest BCUT2D eigenvalue weighted by Gasteiger charge is 2.09. The summed E-state index contributed by atoms with van der Waals surface area (Å²) in [4.78, 5) is 6.80. The molecule has 0 saturated carbocycles. The van der Waals surface area contributed by atoms with Crippen LogP contribution >= 0.6 is 0 Å². The van der Waals surface area contributed by atoms with Crippen LogP contribution in [-0.4, -0.2) is 17.1 Å². The van der Waals surface area contributed by atoms with Crippen LogP contribution in [0.4, 0.5) is 5.82 Å². The number of pyridine rings is 1. The Balaban J connectivity index is 2.24. The summed E-state index contributed by atoms with van der Waals surface area (Å²) in [5.41, 5.74) is 3.18. The Morgan fingerprint density at radius 1 is 1.10 bits per heavy atom. The lowest BCUT2D eigenvalue weighted by atomic mass is 10.1. The average Bonchev–Trinajstić information content (AvgIpc) is 2.47. The largest absolute Gasteiger partial charge is 0.392 e. The van der Waals surface area contributed by atoms with Gasteiger partial charge in [-0.1, -0.05) is 44.2 Å². The molecule has 1 N–H and O–H groups in total. The predicted octanol–water partition coefficient (Wildman–Crippen LogP) is 3.33. The minimum atomic E-state index is 0.0500. The normalized spacial score (nSPS) is 10.8. The number of aliphatic hydroxyl groups excluding tert-OH is 1. The van der Waals surface area contributed by atoms with Gasteiger partial charge in [-0.05, 0) is 29.2 Å². The minimum Gasteiger partial charge on any atom is -0.392 e. The molecule has 20 heavy (non-hydrogen) atoms. The van der Waals surface area contributed by atoms with Crippen molar-refractivity contribution in [3.05, 3.63) is 59.3 Å². The Morgan fingerprint density at radius 2 is 1.80 bits per heavy atom. The molecule has 0 aliphatic heterocycles. The summed E-state index contributed by atoms with van der Waals surface area (Å²) in [7, 11) is 2.03. The lowest BCUT2D eigenvalue weighted by molar-refractivity contribution is 0.281. The number of aliphatic hydroxyl groups is 1. The molecule has 0 aliphatic carbocycles. The van der Waals surface area contributed by atoms with Crippen molar-refractivity contribution in [3.63, 3.8) is 0 Å². The number of benzene rings is 1. The maximum atomic E-state index is 9.39. The monoisotopic (exact) mass is 270 g/mol. The molecule has 0 saturated heterocycles. The van der Waals surface area contributed by atoms with Crippen molar-refractivity contribution >= 4 is 5.82 Å². The van der Waals surface area contributed by atoms with Crippen LogP contribution in [0.15, 0.2) is 42.5 Å². The van der Waals surface area contributed by atoms with Crippen LogP contribution in [0.2, 0.25) is 0 Å². The zero-order valence-corrected chi connectivity index (χ0v) is 12.4. The van der Waals surface area contributed by atoms with Gasteiger partial charge < -0.3 is 10.0 Å². The lowest BCUT2D eigenvalue weighted by Crippen LogP contribution is -2.18. The van der Waals surface area contributed by atoms with Crippen LogP contribution < -0.4 is 4.90 Å². The first-order chi connectivity index (χ1) is 9.60. The average molecular weight is 270 g/mol. The van der Waals surface area contributed by atoms with E-state index in [0.717, 1.165) is 23.6 Å². The summed E-state index contributed by atoms with van der Waals surface area (Å²) >= 11 is 0. The molecule has 106 valence electrons. The van der Waals surface area contributed by atoms with Crippen molar-refractivity contribution in [2.45, 2.75) is 32.9 Å². The van der Waals surface area contributed by atoms with Crippen molar-refractivity contribution in [1.29, 1.82) is 0 Å². The second kappa shape index (κ2) is 6.53. The van der Waals surface area contributed by atoms with Gasteiger partial charge in [-0.3, -0.25) is 0 Å². The standard InChI is InChI=1S/C17H22N2O/c1-13(2)16-9-15(12-20)10-17(18-16)19(3)11-14-7-5-4-6-8-14/h4-10,13,20H,11-12H2,1-3H3. The zero-order valence-electron chi connectivity index (χ0n) is 12.4. The number of anilines is 1. The molecule has 0 aliphatic rings. The number of hydrogen-bond acceptors (Lipinski definition) is 3. The summed E-state index contributed by atoms with van der Waals surface area (Å²) in [5, 5.41) is 9.39. The Morgan fingerprint density at radius 3 is 2.40 bits per heavy atom. The third kappa shape index (κ3) is 3.58. The highest BCUT2D eigenvalue weighted by Crippen LogP contribution is 2.21. The molecule has 0 fully saturated rings. The fourth-order valence-electron chi connectivity index (χ4n) is 2.12. The van der Waals surface area contributed by atoms with Crippen molar-refractivity contribution in [2.75, 3.05) is 11.9 Å². The molecule has 0 atom stereocenters. The van der Waals surface area contributed by atoms with Gasteiger partial charge in [-0.2, -0.15) is 0 Å². The van der Waals surface area contributed by atoms with Crippen molar-refractivity contribution < 1.29 is 5.11 Å². The van der Waals surface area contributed by atoms with E-state index < -0.39 is 0 Å². The minimum absolute atomic E-state index is 0.0500. The van der Waals surface area contributed by atoms with E-state index in [1.165, 1.54) is 5.56 Å². The molecule has 2 aromatic rings. The molecule has 1 aromatic carbocycles. The van der Waals surface area contributed by atoms with Gasteiger partial charge in [0.25, 0.3) is 0 Å². The van der Waals surface area contributed by atoms with E-state index in [4.69, 9.17) is 4.98 Å². The van der Waals surface area contributed by atoms with Crippen molar-refractivity contribution in [1.82, 2.24) is 4.98 Å². The van der Waals surface area contributed by atoms with E-state index >= 15 is 0 Å². The van der Waals surface area contributed by atoms with E-state index in [1.54, 1.807) is 0 Å². The number of hydrogen-bond donors (Lipinski definition) is 1. The Labute approximate surface area is 120 Å². The first-order valence-corrected chi connectivity index (χ1v) is 6.97. The van der Waals surface area contributed by atoms with Gasteiger partial charge in [0.15, 0.2) is 0 Å². The SMILES string of the molecule is CC(C)c1cc(CO)cc(N(C)Cc2ccccc2)n1. The van der Waals surface area contributed by atoms with Crippen molar-refractivity contribution in [2.24, 2.45) is 0 Å². The molecule has 0 bridgehead atoms. The zero-order chi connectivity index (χ0) is 14.5. The second-order valence-electron chi connectivity index (χ2n) is 5.41. The van der Waals surface area contributed by atoms with Crippen LogP contribution in [0, 0.1) is 0 Å². The Hall–Kier alpha value is -1.87. The lowest BCUT2D eigenvalue weighted by Gasteiger charge is -2.20. The van der Waals surface area contributed by atoms with Gasteiger partial charge in [0, 0.05) is 19.3 Å². The van der Waals surface area contributed by atoms with Gasteiger partial charge in [-0.25, -0.2) is 4.98 Å². The predicted molar refractivity (Wildman–Crippen MR) is 82.8 cm³/mol. The van der Waals surface area contributed by atoms with Gasteiger partial charge in [0.05, 0.1) is 6.61 Å². The van der Waals surface area contributed by atoms with E-state index in [-0.39, 0.29) is 6.61 Å². The van der Waals surface area contributed by atoms with Gasteiger partial charge in [-0.15, -0.1) is 0 Å². The van der Waals surface area contributed by atoms with E-state index in [1.807, 2.05) is 37.4 Å². The summed E-state index contributed by atoms with van der Waals surface area (Å²) in [6, 6.07) is 14.2. The maximum Gasteiger partial charge on any atom is 0.129 e. The molecular weight excluding hydrogens is 248 g/mol. The second-order valence-corrected chi connectivity index (χ2v) is 5.41. The summed E-state index contributed by atoms with van der Waals surface area (Å²) in [6.45, 7) is 5.09. The number of nitrogens with zero attached hydrogens (tertiary/aromatic N) is 2. The number of rotatable bonds is 5. The Kier molecular flexibility index (Phi) is 4.74. The quantitative estimate of drug-likeness (QED) is 0.905. The van der Waals surface area contributed by atoms with E-state index in [0.29, 0.717) is 5.92 Å². The summed E-state index contributed by atoms with van der Waals surface area (Å²) in [5.74, 6) is 1.26. The van der Waals surface area contributed by atoms with Gasteiger partial charge >= 0.3 is 0 Å².